The van der Waals surface area contributed by atoms with Crippen molar-refractivity contribution in [2.24, 2.45) is 56.7 Å². The number of carbonyl (C=O) groups is 1. The average Bonchev–Trinajstić information content (AvgIpc) is 2.89. The van der Waals surface area contributed by atoms with Gasteiger partial charge in [0.1, 0.15) is 6.10 Å². The highest BCUT2D eigenvalue weighted by Crippen LogP contribution is 2.76. The van der Waals surface area contributed by atoms with Gasteiger partial charge in [0.25, 0.3) is 0 Å². The summed E-state index contributed by atoms with van der Waals surface area (Å²) >= 11 is 0. The van der Waals surface area contributed by atoms with Crippen LogP contribution in [0.4, 0.5) is 0 Å². The van der Waals surface area contributed by atoms with Crippen LogP contribution < -0.4 is 0 Å². The first-order chi connectivity index (χ1) is 18.3. The van der Waals surface area contributed by atoms with E-state index >= 15 is 0 Å². The molecule has 0 aromatic heterocycles. The molecule has 214 valence electrons. The molecule has 5 aliphatic carbocycles. The van der Waals surface area contributed by atoms with Gasteiger partial charge in [-0.05, 0) is 128 Å². The maximum atomic E-state index is 13.1. The highest BCUT2D eigenvalue weighted by atomic mass is 16.5. The molecule has 39 heavy (non-hydrogen) atoms. The molecule has 0 aliphatic heterocycles. The van der Waals surface area contributed by atoms with Crippen LogP contribution in [0, 0.1) is 56.7 Å². The van der Waals surface area contributed by atoms with Crippen molar-refractivity contribution in [3.05, 3.63) is 47.5 Å². The molecule has 2 heteroatoms. The van der Waals surface area contributed by atoms with E-state index in [1.807, 2.05) is 30.3 Å². The third-order valence-electron chi connectivity index (χ3n) is 14.7. The molecule has 5 aliphatic rings. The van der Waals surface area contributed by atoms with E-state index in [9.17, 15) is 4.79 Å². The van der Waals surface area contributed by atoms with Crippen LogP contribution in [0.5, 0.6) is 0 Å². The summed E-state index contributed by atoms with van der Waals surface area (Å²) in [6, 6.07) is 9.58. The fourth-order valence-corrected chi connectivity index (χ4v) is 12.2. The number of allylic oxidation sites excluding steroid dienone is 2. The minimum atomic E-state index is -0.151. The number of esters is 1. The summed E-state index contributed by atoms with van der Waals surface area (Å²) in [5.74, 6) is 3.59. The molecule has 1 aromatic carbocycles. The molecule has 0 N–H and O–H groups in total. The van der Waals surface area contributed by atoms with E-state index in [0.717, 1.165) is 24.2 Å². The fourth-order valence-electron chi connectivity index (χ4n) is 12.2. The lowest BCUT2D eigenvalue weighted by Crippen LogP contribution is -2.67. The normalized spacial score (nSPS) is 48.5. The molecular weight excluding hydrogens is 476 g/mol. The molecule has 0 spiro atoms. The molecule has 1 aromatic rings. The van der Waals surface area contributed by atoms with Gasteiger partial charge in [-0.1, -0.05) is 78.3 Å². The van der Waals surface area contributed by atoms with Crippen LogP contribution in [-0.2, 0) is 4.74 Å². The third kappa shape index (κ3) is 3.74. The molecule has 0 amide bonds. The van der Waals surface area contributed by atoms with Gasteiger partial charge in [-0.15, -0.1) is 0 Å². The maximum absolute atomic E-state index is 13.1. The molecule has 4 saturated carbocycles. The van der Waals surface area contributed by atoms with E-state index in [1.165, 1.54) is 51.4 Å². The van der Waals surface area contributed by atoms with Gasteiger partial charge in [0.2, 0.25) is 0 Å². The fraction of sp³-hybridized carbons (Fsp3) is 0.757. The van der Waals surface area contributed by atoms with Gasteiger partial charge >= 0.3 is 5.97 Å². The van der Waals surface area contributed by atoms with Crippen LogP contribution in [0.3, 0.4) is 0 Å². The van der Waals surface area contributed by atoms with Gasteiger partial charge in [-0.3, -0.25) is 0 Å². The van der Waals surface area contributed by atoms with Gasteiger partial charge in [0, 0.05) is 5.41 Å². The first-order valence-electron chi connectivity index (χ1n) is 16.2. The smallest absolute Gasteiger partial charge is 0.338 e. The monoisotopic (exact) mass is 530 g/mol. The number of rotatable bonds is 2. The number of fused-ring (bicyclic) bond motifs is 7. The summed E-state index contributed by atoms with van der Waals surface area (Å²) in [5, 5.41) is 0. The first kappa shape index (κ1) is 27.6. The first-order valence-corrected chi connectivity index (χ1v) is 16.2. The molecule has 0 unspecified atom stereocenters. The Morgan fingerprint density at radius 1 is 0.821 bits per heavy atom. The number of hydrogen-bond donors (Lipinski definition) is 0. The van der Waals surface area contributed by atoms with Crippen molar-refractivity contribution in [2.45, 2.75) is 119 Å². The number of hydrogen-bond acceptors (Lipinski definition) is 2. The highest BCUT2D eigenvalue weighted by Gasteiger charge is 2.69. The maximum Gasteiger partial charge on any atom is 0.338 e. The van der Waals surface area contributed by atoms with Gasteiger partial charge in [-0.2, -0.15) is 0 Å². The van der Waals surface area contributed by atoms with Crippen LogP contribution in [0.15, 0.2) is 42.0 Å². The van der Waals surface area contributed by atoms with E-state index < -0.39 is 0 Å². The predicted octanol–water partition coefficient (Wildman–Crippen LogP) is 9.89. The minimum absolute atomic E-state index is 0.00666. The summed E-state index contributed by atoms with van der Waals surface area (Å²) in [5.41, 5.74) is 3.92. The van der Waals surface area contributed by atoms with Crippen LogP contribution >= 0.6 is 0 Å². The van der Waals surface area contributed by atoms with Crippen molar-refractivity contribution < 1.29 is 9.53 Å². The van der Waals surface area contributed by atoms with E-state index in [2.05, 4.69) is 61.5 Å². The van der Waals surface area contributed by atoms with Crippen molar-refractivity contribution in [3.8, 4) is 0 Å². The van der Waals surface area contributed by atoms with Crippen molar-refractivity contribution in [1.82, 2.24) is 0 Å². The highest BCUT2D eigenvalue weighted by molar-refractivity contribution is 5.89. The second-order valence-electron chi connectivity index (χ2n) is 16.4. The van der Waals surface area contributed by atoms with Crippen molar-refractivity contribution in [2.75, 3.05) is 0 Å². The Labute approximate surface area is 238 Å². The minimum Gasteiger partial charge on any atom is -0.458 e. The summed E-state index contributed by atoms with van der Waals surface area (Å²) in [4.78, 5) is 13.1. The summed E-state index contributed by atoms with van der Waals surface area (Å²) in [6.07, 6.45) is 14.2. The molecule has 0 saturated heterocycles. The van der Waals surface area contributed by atoms with Gasteiger partial charge < -0.3 is 4.74 Å². The van der Waals surface area contributed by atoms with Crippen molar-refractivity contribution in [1.29, 1.82) is 0 Å². The SMILES string of the molecule is CC1=CC[C@]2(C)CC[C@]3(C)[C@H](CC[C@@H]4[C@]5(C)CC[C@H](OC(=O)c6ccccc6)C(C)(C)[C@@H]5CC[C@@]43C)[C@@H]2[C@@H]1C. The zero-order valence-corrected chi connectivity index (χ0v) is 26.1. The lowest BCUT2D eigenvalue weighted by molar-refractivity contribution is -0.250. The summed E-state index contributed by atoms with van der Waals surface area (Å²) in [6.45, 7) is 20.5. The molecule has 10 atom stereocenters. The quantitative estimate of drug-likeness (QED) is 0.281. The van der Waals surface area contributed by atoms with Gasteiger partial charge in [0.05, 0.1) is 5.56 Å². The topological polar surface area (TPSA) is 26.3 Å². The van der Waals surface area contributed by atoms with Crippen LogP contribution in [-0.4, -0.2) is 12.1 Å². The molecular formula is C37H54O2. The summed E-state index contributed by atoms with van der Waals surface area (Å²) < 4.78 is 6.30. The van der Waals surface area contributed by atoms with Gasteiger partial charge in [-0.25, -0.2) is 4.79 Å². The van der Waals surface area contributed by atoms with E-state index in [0.29, 0.717) is 39.1 Å². The molecule has 4 fully saturated rings. The van der Waals surface area contributed by atoms with Crippen molar-refractivity contribution in [3.63, 3.8) is 0 Å². The second-order valence-corrected chi connectivity index (χ2v) is 16.4. The van der Waals surface area contributed by atoms with E-state index in [1.54, 1.807) is 5.57 Å². The molecule has 0 bridgehead atoms. The van der Waals surface area contributed by atoms with E-state index in [4.69, 9.17) is 4.74 Å². The van der Waals surface area contributed by atoms with E-state index in [-0.39, 0.29) is 17.5 Å². The predicted molar refractivity (Wildman–Crippen MR) is 160 cm³/mol. The standard InChI is InChI=1S/C37H54O2/c1-24-16-19-34(5)22-23-36(7)27(31(34)25(24)2)14-15-29-35(6)20-18-30(39-32(38)26-12-10-9-11-13-26)33(3,4)28(35)17-21-37(29,36)8/h9-13,16,25,27-31H,14-15,17-23H2,1-8H3/t25-,27-,28+,29-,30+,31+,34-,35-,36-,37+/m1/s1. The zero-order chi connectivity index (χ0) is 28.0. The zero-order valence-electron chi connectivity index (χ0n) is 26.1. The number of carbonyl (C=O) groups excluding carboxylic acids is 1. The third-order valence-corrected chi connectivity index (χ3v) is 14.7. The van der Waals surface area contributed by atoms with Crippen LogP contribution in [0.25, 0.3) is 0 Å². The Bertz CT molecular complexity index is 1150. The Hall–Kier alpha value is -1.57. The number of benzene rings is 1. The summed E-state index contributed by atoms with van der Waals surface area (Å²) in [7, 11) is 0. The largest absolute Gasteiger partial charge is 0.458 e. The Kier molecular flexibility index (Phi) is 6.34. The van der Waals surface area contributed by atoms with Crippen LogP contribution in [0.2, 0.25) is 0 Å². The average molecular weight is 531 g/mol. The molecule has 6 rings (SSSR count). The molecule has 2 nitrogen and oxygen atoms in total. The van der Waals surface area contributed by atoms with Crippen LogP contribution in [0.1, 0.15) is 124 Å². The van der Waals surface area contributed by atoms with Crippen molar-refractivity contribution >= 4 is 5.97 Å². The molecule has 0 radical (unpaired) electrons. The molecule has 0 heterocycles. The Morgan fingerprint density at radius 3 is 2.26 bits per heavy atom. The lowest BCUT2D eigenvalue weighted by Gasteiger charge is -2.73. The second kappa shape index (κ2) is 8.96. The lowest BCUT2D eigenvalue weighted by atomic mass is 9.31. The Balaban J connectivity index is 1.28. The number of ether oxygens (including phenoxy) is 1. The van der Waals surface area contributed by atoms with Gasteiger partial charge in [0.15, 0.2) is 0 Å². The Morgan fingerprint density at radius 2 is 1.54 bits per heavy atom.